The van der Waals surface area contributed by atoms with Gasteiger partial charge in [-0.3, -0.25) is 0 Å². The van der Waals surface area contributed by atoms with E-state index in [0.717, 1.165) is 24.2 Å². The lowest BCUT2D eigenvalue weighted by atomic mass is 10.1. The first-order valence-electron chi connectivity index (χ1n) is 7.87. The van der Waals surface area contributed by atoms with Crippen LogP contribution >= 0.6 is 12.2 Å². The molecular weight excluding hydrogens is 294 g/mol. The summed E-state index contributed by atoms with van der Waals surface area (Å²) in [6.45, 7) is 10.3. The van der Waals surface area contributed by atoms with Gasteiger partial charge < -0.3 is 9.30 Å². The predicted molar refractivity (Wildman–Crippen MR) is 93.9 cm³/mol. The van der Waals surface area contributed by atoms with Gasteiger partial charge in [-0.1, -0.05) is 39.3 Å². The van der Waals surface area contributed by atoms with Crippen LogP contribution in [0.5, 0.6) is 5.75 Å². The van der Waals surface area contributed by atoms with Crippen molar-refractivity contribution in [1.29, 1.82) is 0 Å². The molecule has 122 valence electrons. The number of aromatic nitrogens is 3. The fourth-order valence-electron chi connectivity index (χ4n) is 2.07. The fraction of sp³-hybridized carbons (Fsp3) is 0.529. The molecule has 1 aromatic heterocycles. The molecule has 0 aliphatic rings. The smallest absolute Gasteiger partial charge is 0.200 e. The maximum atomic E-state index is 6.17. The van der Waals surface area contributed by atoms with Crippen LogP contribution in [0.4, 0.5) is 0 Å². The SMILES string of the molecule is CC.CCCC(Oc1cccc(C)c1C)n1ncn(C)c1=S. The quantitative estimate of drug-likeness (QED) is 0.729. The van der Waals surface area contributed by atoms with Gasteiger partial charge in [0.1, 0.15) is 12.1 Å². The zero-order valence-corrected chi connectivity index (χ0v) is 15.3. The van der Waals surface area contributed by atoms with E-state index in [9.17, 15) is 0 Å². The van der Waals surface area contributed by atoms with Gasteiger partial charge >= 0.3 is 0 Å². The Kier molecular flexibility index (Phi) is 7.32. The van der Waals surface area contributed by atoms with Crippen molar-refractivity contribution < 1.29 is 4.74 Å². The summed E-state index contributed by atoms with van der Waals surface area (Å²) in [5.74, 6) is 0.899. The highest BCUT2D eigenvalue weighted by molar-refractivity contribution is 7.71. The van der Waals surface area contributed by atoms with Gasteiger partial charge in [0, 0.05) is 13.5 Å². The summed E-state index contributed by atoms with van der Waals surface area (Å²) in [5, 5.41) is 4.33. The molecule has 0 spiro atoms. The highest BCUT2D eigenvalue weighted by atomic mass is 32.1. The molecule has 0 saturated carbocycles. The topological polar surface area (TPSA) is 32.0 Å². The summed E-state index contributed by atoms with van der Waals surface area (Å²) < 4.78 is 10.4. The minimum absolute atomic E-state index is 0.158. The van der Waals surface area contributed by atoms with Crippen molar-refractivity contribution in [3.8, 4) is 5.75 Å². The third kappa shape index (κ3) is 4.19. The number of hydrogen-bond donors (Lipinski definition) is 0. The molecule has 4 nitrogen and oxygen atoms in total. The van der Waals surface area contributed by atoms with Gasteiger partial charge in [-0.25, -0.2) is 0 Å². The molecule has 0 fully saturated rings. The highest BCUT2D eigenvalue weighted by Crippen LogP contribution is 2.26. The van der Waals surface area contributed by atoms with E-state index < -0.39 is 0 Å². The molecule has 2 aromatic rings. The van der Waals surface area contributed by atoms with E-state index in [1.165, 1.54) is 5.56 Å². The van der Waals surface area contributed by atoms with Crippen LogP contribution in [-0.2, 0) is 7.05 Å². The number of aryl methyl sites for hydroxylation is 2. The predicted octanol–water partition coefficient (Wildman–Crippen LogP) is 4.97. The van der Waals surface area contributed by atoms with Gasteiger partial charge in [-0.05, 0) is 43.3 Å². The molecular formula is C17H27N3OS. The summed E-state index contributed by atoms with van der Waals surface area (Å²) in [4.78, 5) is 0. The molecule has 5 heteroatoms. The Bertz CT molecular complexity index is 646. The molecule has 0 bridgehead atoms. The summed E-state index contributed by atoms with van der Waals surface area (Å²) in [5.41, 5.74) is 2.39. The van der Waals surface area contributed by atoms with Crippen molar-refractivity contribution in [1.82, 2.24) is 14.3 Å². The largest absolute Gasteiger partial charge is 0.468 e. The van der Waals surface area contributed by atoms with Crippen molar-refractivity contribution in [2.24, 2.45) is 7.05 Å². The van der Waals surface area contributed by atoms with Crippen molar-refractivity contribution in [3.05, 3.63) is 40.4 Å². The van der Waals surface area contributed by atoms with Gasteiger partial charge in [-0.2, -0.15) is 9.78 Å². The van der Waals surface area contributed by atoms with Crippen LogP contribution < -0.4 is 4.74 Å². The van der Waals surface area contributed by atoms with Crippen molar-refractivity contribution in [3.63, 3.8) is 0 Å². The number of benzene rings is 1. The lowest BCUT2D eigenvalue weighted by Gasteiger charge is -2.20. The van der Waals surface area contributed by atoms with Gasteiger partial charge in [0.2, 0.25) is 4.77 Å². The third-order valence-corrected chi connectivity index (χ3v) is 3.95. The van der Waals surface area contributed by atoms with E-state index in [0.29, 0.717) is 4.77 Å². The molecule has 0 N–H and O–H groups in total. The Morgan fingerprint density at radius 1 is 1.27 bits per heavy atom. The van der Waals surface area contributed by atoms with Crippen molar-refractivity contribution in [2.45, 2.75) is 53.7 Å². The molecule has 1 unspecified atom stereocenters. The van der Waals surface area contributed by atoms with Gasteiger partial charge in [-0.15, -0.1) is 0 Å². The summed E-state index contributed by atoms with van der Waals surface area (Å²) >= 11 is 5.38. The molecule has 1 heterocycles. The number of ether oxygens (including phenoxy) is 1. The van der Waals surface area contributed by atoms with Crippen LogP contribution in [-0.4, -0.2) is 14.3 Å². The van der Waals surface area contributed by atoms with E-state index in [1.807, 2.05) is 37.6 Å². The number of hydrogen-bond acceptors (Lipinski definition) is 3. The Morgan fingerprint density at radius 2 is 1.95 bits per heavy atom. The standard InChI is InChI=1S/C15H21N3OS.C2H6/c1-5-7-14(18-15(20)17(4)10-16-18)19-13-9-6-8-11(2)12(13)3;1-2/h6,8-10,14H,5,7H2,1-4H3;1-2H3. The molecule has 0 aliphatic heterocycles. The lowest BCUT2D eigenvalue weighted by Crippen LogP contribution is -2.18. The Labute approximate surface area is 138 Å². The first-order chi connectivity index (χ1) is 10.5. The zero-order chi connectivity index (χ0) is 16.7. The zero-order valence-electron chi connectivity index (χ0n) is 14.5. The third-order valence-electron chi connectivity index (χ3n) is 3.47. The van der Waals surface area contributed by atoms with E-state index in [1.54, 1.807) is 11.0 Å². The maximum absolute atomic E-state index is 6.17. The maximum Gasteiger partial charge on any atom is 0.200 e. The number of rotatable bonds is 5. The molecule has 1 aromatic carbocycles. The normalized spacial score (nSPS) is 11.5. The number of nitrogens with zero attached hydrogens (tertiary/aromatic N) is 3. The molecule has 22 heavy (non-hydrogen) atoms. The Morgan fingerprint density at radius 3 is 2.50 bits per heavy atom. The van der Waals surface area contributed by atoms with Gasteiger partial charge in [0.05, 0.1) is 0 Å². The molecule has 1 atom stereocenters. The summed E-state index contributed by atoms with van der Waals surface area (Å²) in [6.07, 6.45) is 3.44. The first kappa shape index (κ1) is 18.4. The van der Waals surface area contributed by atoms with Crippen LogP contribution in [0.25, 0.3) is 0 Å². The van der Waals surface area contributed by atoms with Crippen LogP contribution in [0.3, 0.4) is 0 Å². The second kappa shape index (κ2) is 8.73. The monoisotopic (exact) mass is 321 g/mol. The highest BCUT2D eigenvalue weighted by Gasteiger charge is 2.16. The van der Waals surface area contributed by atoms with E-state index in [2.05, 4.69) is 31.9 Å². The van der Waals surface area contributed by atoms with Crippen LogP contribution in [0.1, 0.15) is 51.0 Å². The lowest BCUT2D eigenvalue weighted by molar-refractivity contribution is 0.104. The molecule has 0 aliphatic carbocycles. The van der Waals surface area contributed by atoms with E-state index in [4.69, 9.17) is 17.0 Å². The minimum Gasteiger partial charge on any atom is -0.468 e. The minimum atomic E-state index is -0.158. The second-order valence-corrected chi connectivity index (χ2v) is 5.39. The molecule has 0 saturated heterocycles. The molecule has 2 rings (SSSR count). The van der Waals surface area contributed by atoms with Gasteiger partial charge in [0.15, 0.2) is 6.23 Å². The fourth-order valence-corrected chi connectivity index (χ4v) is 2.28. The van der Waals surface area contributed by atoms with Crippen LogP contribution in [0.15, 0.2) is 24.5 Å². The average molecular weight is 321 g/mol. The summed E-state index contributed by atoms with van der Waals surface area (Å²) in [7, 11) is 1.90. The van der Waals surface area contributed by atoms with E-state index >= 15 is 0 Å². The van der Waals surface area contributed by atoms with Crippen LogP contribution in [0, 0.1) is 18.6 Å². The van der Waals surface area contributed by atoms with Crippen molar-refractivity contribution in [2.75, 3.05) is 0 Å². The van der Waals surface area contributed by atoms with Gasteiger partial charge in [0.25, 0.3) is 0 Å². The molecule has 0 amide bonds. The first-order valence-corrected chi connectivity index (χ1v) is 8.28. The molecule has 0 radical (unpaired) electrons. The van der Waals surface area contributed by atoms with Crippen LogP contribution in [0.2, 0.25) is 0 Å². The van der Waals surface area contributed by atoms with Crippen molar-refractivity contribution >= 4 is 12.2 Å². The average Bonchev–Trinajstić information content (AvgIpc) is 2.85. The second-order valence-electron chi connectivity index (χ2n) is 5.03. The van der Waals surface area contributed by atoms with E-state index in [-0.39, 0.29) is 6.23 Å². The summed E-state index contributed by atoms with van der Waals surface area (Å²) in [6, 6.07) is 6.10. The Hall–Kier alpha value is -1.62. The Balaban J connectivity index is 0.00000116.